The second-order valence-electron chi connectivity index (χ2n) is 4.11. The number of carbonyl (C=O) groups is 1. The van der Waals surface area contributed by atoms with Gasteiger partial charge in [0.05, 0.1) is 4.92 Å². The van der Waals surface area contributed by atoms with Crippen molar-refractivity contribution < 1.29 is 9.72 Å². The Morgan fingerprint density at radius 1 is 1.56 bits per heavy atom. The molecule has 2 atom stereocenters. The van der Waals surface area contributed by atoms with Crippen molar-refractivity contribution in [2.45, 2.75) is 13.3 Å². The SMILES string of the molecule is CC1CC1C(=O)c1ccc(Cl)c([N+](=O)[O-])c1. The minimum atomic E-state index is -0.574. The van der Waals surface area contributed by atoms with Crippen molar-refractivity contribution in [2.24, 2.45) is 11.8 Å². The Morgan fingerprint density at radius 2 is 2.19 bits per heavy atom. The van der Waals surface area contributed by atoms with Crippen molar-refractivity contribution >= 4 is 23.1 Å². The van der Waals surface area contributed by atoms with Crippen LogP contribution in [0.2, 0.25) is 5.02 Å². The summed E-state index contributed by atoms with van der Waals surface area (Å²) in [6, 6.07) is 4.21. The lowest BCUT2D eigenvalue weighted by Crippen LogP contribution is -2.03. The molecule has 84 valence electrons. The van der Waals surface area contributed by atoms with Crippen LogP contribution in [0, 0.1) is 22.0 Å². The van der Waals surface area contributed by atoms with E-state index in [-0.39, 0.29) is 22.4 Å². The summed E-state index contributed by atoms with van der Waals surface area (Å²) in [7, 11) is 0. The van der Waals surface area contributed by atoms with E-state index in [1.807, 2.05) is 6.92 Å². The molecule has 0 saturated heterocycles. The van der Waals surface area contributed by atoms with Crippen LogP contribution in [0.15, 0.2) is 18.2 Å². The molecule has 1 aromatic carbocycles. The lowest BCUT2D eigenvalue weighted by Gasteiger charge is -2.00. The van der Waals surface area contributed by atoms with Crippen molar-refractivity contribution in [3.8, 4) is 0 Å². The number of nitro groups is 1. The van der Waals surface area contributed by atoms with Crippen molar-refractivity contribution in [1.82, 2.24) is 0 Å². The molecular formula is C11H10ClNO3. The van der Waals surface area contributed by atoms with Crippen molar-refractivity contribution in [1.29, 1.82) is 0 Å². The van der Waals surface area contributed by atoms with Gasteiger partial charge in [0.15, 0.2) is 5.78 Å². The number of rotatable bonds is 3. The molecule has 0 spiro atoms. The molecule has 5 heteroatoms. The highest BCUT2D eigenvalue weighted by atomic mass is 35.5. The third kappa shape index (κ3) is 1.93. The fraction of sp³-hybridized carbons (Fsp3) is 0.364. The van der Waals surface area contributed by atoms with E-state index in [0.29, 0.717) is 11.5 Å². The molecule has 2 unspecified atom stereocenters. The molecule has 1 fully saturated rings. The summed E-state index contributed by atoms with van der Waals surface area (Å²) in [5.41, 5.74) is 0.172. The summed E-state index contributed by atoms with van der Waals surface area (Å²) in [5.74, 6) is 0.398. The summed E-state index contributed by atoms with van der Waals surface area (Å²) in [6.45, 7) is 1.99. The van der Waals surface area contributed by atoms with Gasteiger partial charge in [-0.25, -0.2) is 0 Å². The molecule has 1 aliphatic carbocycles. The Morgan fingerprint density at radius 3 is 2.69 bits per heavy atom. The predicted octanol–water partition coefficient (Wildman–Crippen LogP) is 3.09. The van der Waals surface area contributed by atoms with Gasteiger partial charge >= 0.3 is 0 Å². The average Bonchev–Trinajstić information content (AvgIpc) is 2.95. The first-order chi connectivity index (χ1) is 7.50. The van der Waals surface area contributed by atoms with Crippen LogP contribution in [0.5, 0.6) is 0 Å². The molecule has 0 radical (unpaired) electrons. The molecule has 1 aliphatic rings. The summed E-state index contributed by atoms with van der Waals surface area (Å²) in [6.07, 6.45) is 0.870. The first-order valence-corrected chi connectivity index (χ1v) is 5.36. The number of benzene rings is 1. The number of hydrogen-bond donors (Lipinski definition) is 0. The molecule has 0 bridgehead atoms. The van der Waals surface area contributed by atoms with Gasteiger partial charge in [-0.3, -0.25) is 14.9 Å². The highest BCUT2D eigenvalue weighted by molar-refractivity contribution is 6.32. The van der Waals surface area contributed by atoms with E-state index in [1.54, 1.807) is 6.07 Å². The Kier molecular flexibility index (Phi) is 2.68. The number of hydrogen-bond acceptors (Lipinski definition) is 3. The van der Waals surface area contributed by atoms with Crippen molar-refractivity contribution in [2.75, 3.05) is 0 Å². The fourth-order valence-corrected chi connectivity index (χ4v) is 1.89. The van der Waals surface area contributed by atoms with Gasteiger partial charge in [-0.15, -0.1) is 0 Å². The van der Waals surface area contributed by atoms with Crippen LogP contribution in [0.4, 0.5) is 5.69 Å². The van der Waals surface area contributed by atoms with Gasteiger partial charge in [0.25, 0.3) is 5.69 Å². The topological polar surface area (TPSA) is 60.2 Å². The number of halogens is 1. The minimum absolute atomic E-state index is 0.0210. The van der Waals surface area contributed by atoms with Crippen LogP contribution in [0.1, 0.15) is 23.7 Å². The van der Waals surface area contributed by atoms with E-state index < -0.39 is 4.92 Å². The zero-order valence-corrected chi connectivity index (χ0v) is 9.40. The maximum Gasteiger partial charge on any atom is 0.288 e. The summed E-state index contributed by atoms with van der Waals surface area (Å²) < 4.78 is 0. The van der Waals surface area contributed by atoms with Gasteiger partial charge in [-0.2, -0.15) is 0 Å². The van der Waals surface area contributed by atoms with Gasteiger partial charge in [-0.05, 0) is 24.5 Å². The van der Waals surface area contributed by atoms with E-state index in [0.717, 1.165) is 6.42 Å². The third-order valence-electron chi connectivity index (χ3n) is 2.87. The normalized spacial score (nSPS) is 22.9. The first kappa shape index (κ1) is 11.1. The lowest BCUT2D eigenvalue weighted by atomic mass is 10.1. The smallest absolute Gasteiger partial charge is 0.288 e. The molecule has 0 amide bonds. The lowest BCUT2D eigenvalue weighted by molar-refractivity contribution is -0.384. The zero-order valence-electron chi connectivity index (χ0n) is 8.64. The molecule has 0 aromatic heterocycles. The fourth-order valence-electron chi connectivity index (χ4n) is 1.71. The van der Waals surface area contributed by atoms with Crippen LogP contribution in [-0.2, 0) is 0 Å². The molecule has 4 nitrogen and oxygen atoms in total. The number of carbonyl (C=O) groups excluding carboxylic acids is 1. The van der Waals surface area contributed by atoms with Gasteiger partial charge in [-0.1, -0.05) is 18.5 Å². The van der Waals surface area contributed by atoms with E-state index in [1.165, 1.54) is 12.1 Å². The second-order valence-corrected chi connectivity index (χ2v) is 4.51. The third-order valence-corrected chi connectivity index (χ3v) is 3.19. The van der Waals surface area contributed by atoms with E-state index in [4.69, 9.17) is 11.6 Å². The van der Waals surface area contributed by atoms with Gasteiger partial charge in [0, 0.05) is 17.5 Å². The average molecular weight is 240 g/mol. The molecule has 1 saturated carbocycles. The molecule has 0 heterocycles. The number of nitrogens with zero attached hydrogens (tertiary/aromatic N) is 1. The Hall–Kier alpha value is -1.42. The molecule has 16 heavy (non-hydrogen) atoms. The monoisotopic (exact) mass is 239 g/mol. The quantitative estimate of drug-likeness (QED) is 0.463. The first-order valence-electron chi connectivity index (χ1n) is 4.99. The van der Waals surface area contributed by atoms with Gasteiger partial charge < -0.3 is 0 Å². The maximum atomic E-state index is 11.8. The highest BCUT2D eigenvalue weighted by Gasteiger charge is 2.39. The van der Waals surface area contributed by atoms with E-state index in [9.17, 15) is 14.9 Å². The minimum Gasteiger partial charge on any atom is -0.294 e. The van der Waals surface area contributed by atoms with E-state index in [2.05, 4.69) is 0 Å². The van der Waals surface area contributed by atoms with E-state index >= 15 is 0 Å². The summed E-state index contributed by atoms with van der Waals surface area (Å²) >= 11 is 5.67. The van der Waals surface area contributed by atoms with Crippen LogP contribution < -0.4 is 0 Å². The van der Waals surface area contributed by atoms with Crippen LogP contribution in [0.3, 0.4) is 0 Å². The van der Waals surface area contributed by atoms with Crippen molar-refractivity contribution in [3.05, 3.63) is 38.9 Å². The van der Waals surface area contributed by atoms with Gasteiger partial charge in [0.1, 0.15) is 5.02 Å². The molecule has 2 rings (SSSR count). The summed E-state index contributed by atoms with van der Waals surface area (Å²) in [4.78, 5) is 21.9. The molecule has 0 N–H and O–H groups in total. The maximum absolute atomic E-state index is 11.8. The predicted molar refractivity (Wildman–Crippen MR) is 59.7 cm³/mol. The second kappa shape index (κ2) is 3.87. The Bertz CT molecular complexity index is 472. The molecule has 1 aromatic rings. The summed E-state index contributed by atoms with van der Waals surface area (Å²) in [5, 5.41) is 10.7. The van der Waals surface area contributed by atoms with Crippen LogP contribution in [0.25, 0.3) is 0 Å². The number of Topliss-reactive ketones (excluding diaryl/α,β-unsaturated/α-hetero) is 1. The van der Waals surface area contributed by atoms with Crippen LogP contribution in [-0.4, -0.2) is 10.7 Å². The Balaban J connectivity index is 2.32. The molecule has 0 aliphatic heterocycles. The van der Waals surface area contributed by atoms with Gasteiger partial charge in [0.2, 0.25) is 0 Å². The standard InChI is InChI=1S/C11H10ClNO3/c1-6-4-8(6)11(14)7-2-3-9(12)10(5-7)13(15)16/h2-3,5-6,8H,4H2,1H3. The number of ketones is 1. The largest absolute Gasteiger partial charge is 0.294 e. The molecular weight excluding hydrogens is 230 g/mol. The van der Waals surface area contributed by atoms with Crippen molar-refractivity contribution in [3.63, 3.8) is 0 Å². The highest BCUT2D eigenvalue weighted by Crippen LogP contribution is 2.41. The van der Waals surface area contributed by atoms with Crippen LogP contribution >= 0.6 is 11.6 Å². The zero-order chi connectivity index (χ0) is 11.9. The number of nitro benzene ring substituents is 1. The Labute approximate surface area is 97.4 Å².